The molecule has 1 saturated heterocycles. The van der Waals surface area contributed by atoms with Gasteiger partial charge in [0.25, 0.3) is 0 Å². The average Bonchev–Trinajstić information content (AvgIpc) is 2.84. The monoisotopic (exact) mass is 286 g/mol. The molecular weight excluding hydrogens is 264 g/mol. The normalized spacial score (nSPS) is 27.2. The van der Waals surface area contributed by atoms with E-state index in [1.54, 1.807) is 5.01 Å². The number of hydrogen-bond acceptors (Lipinski definition) is 3. The van der Waals surface area contributed by atoms with Gasteiger partial charge < -0.3 is 4.74 Å². The van der Waals surface area contributed by atoms with E-state index in [4.69, 9.17) is 4.74 Å². The molecule has 2 aliphatic heterocycles. The number of benzene rings is 1. The molecule has 1 amide bonds. The fourth-order valence-corrected chi connectivity index (χ4v) is 3.25. The summed E-state index contributed by atoms with van der Waals surface area (Å²) in [7, 11) is 0. The fourth-order valence-electron chi connectivity index (χ4n) is 3.25. The van der Waals surface area contributed by atoms with Crippen molar-refractivity contribution in [3.05, 3.63) is 35.9 Å². The van der Waals surface area contributed by atoms with Crippen LogP contribution in [0.15, 0.2) is 35.4 Å². The molecular formula is C17H22N2O2. The molecule has 21 heavy (non-hydrogen) atoms. The number of hydrogen-bond donors (Lipinski definition) is 0. The molecule has 3 rings (SSSR count). The molecule has 1 aromatic rings. The standard InChI is InChI=1S/C17H22N2O2/c1-4-15(20)19-16(12-8-6-5-7-9-12)13-10-17(2,3)21-11-14(13)18-19/h5-9,13,16H,4,10-11H2,1-3H3. The molecule has 0 saturated carbocycles. The highest BCUT2D eigenvalue weighted by Gasteiger charge is 2.46. The number of ether oxygens (including phenoxy) is 1. The summed E-state index contributed by atoms with van der Waals surface area (Å²) < 4.78 is 5.86. The molecule has 0 spiro atoms. The predicted molar refractivity (Wildman–Crippen MR) is 81.9 cm³/mol. The smallest absolute Gasteiger partial charge is 0.242 e. The van der Waals surface area contributed by atoms with E-state index >= 15 is 0 Å². The van der Waals surface area contributed by atoms with Gasteiger partial charge >= 0.3 is 0 Å². The topological polar surface area (TPSA) is 41.9 Å². The lowest BCUT2D eigenvalue weighted by atomic mass is 9.80. The van der Waals surface area contributed by atoms with Crippen molar-refractivity contribution in [2.24, 2.45) is 11.0 Å². The number of rotatable bonds is 2. The van der Waals surface area contributed by atoms with Gasteiger partial charge in [-0.05, 0) is 25.8 Å². The van der Waals surface area contributed by atoms with E-state index in [0.717, 1.165) is 17.7 Å². The second kappa shape index (κ2) is 5.26. The molecule has 2 atom stereocenters. The van der Waals surface area contributed by atoms with E-state index in [2.05, 4.69) is 31.1 Å². The highest BCUT2D eigenvalue weighted by Crippen LogP contribution is 2.43. The van der Waals surface area contributed by atoms with Gasteiger partial charge in [-0.2, -0.15) is 5.10 Å². The number of amides is 1. The van der Waals surface area contributed by atoms with Crippen LogP contribution in [0.2, 0.25) is 0 Å². The summed E-state index contributed by atoms with van der Waals surface area (Å²) in [6.07, 6.45) is 1.36. The molecule has 4 heteroatoms. The first-order valence-electron chi connectivity index (χ1n) is 7.60. The minimum atomic E-state index is -0.165. The Morgan fingerprint density at radius 1 is 1.38 bits per heavy atom. The van der Waals surface area contributed by atoms with Crippen LogP contribution in [0.5, 0.6) is 0 Å². The van der Waals surface area contributed by atoms with Crippen molar-refractivity contribution >= 4 is 11.6 Å². The molecule has 0 aliphatic carbocycles. The molecule has 2 aliphatic rings. The summed E-state index contributed by atoms with van der Waals surface area (Å²) in [6.45, 7) is 6.62. The predicted octanol–water partition coefficient (Wildman–Crippen LogP) is 3.15. The van der Waals surface area contributed by atoms with Crippen molar-refractivity contribution in [3.8, 4) is 0 Å². The Balaban J connectivity index is 1.98. The van der Waals surface area contributed by atoms with Crippen LogP contribution in [0, 0.1) is 5.92 Å². The van der Waals surface area contributed by atoms with Gasteiger partial charge in [0.05, 0.1) is 24.0 Å². The van der Waals surface area contributed by atoms with Crippen molar-refractivity contribution in [2.45, 2.75) is 45.3 Å². The number of carbonyl (C=O) groups excluding carboxylic acids is 1. The molecule has 112 valence electrons. The lowest BCUT2D eigenvalue weighted by Crippen LogP contribution is -2.41. The third kappa shape index (κ3) is 2.60. The van der Waals surface area contributed by atoms with Crippen molar-refractivity contribution in [2.75, 3.05) is 6.61 Å². The zero-order chi connectivity index (χ0) is 15.0. The Kier molecular flexibility index (Phi) is 3.57. The molecule has 0 N–H and O–H groups in total. The van der Waals surface area contributed by atoms with E-state index < -0.39 is 0 Å². The molecule has 1 fully saturated rings. The Bertz CT molecular complexity index is 565. The Hall–Kier alpha value is -1.68. The lowest BCUT2D eigenvalue weighted by molar-refractivity contribution is -0.133. The van der Waals surface area contributed by atoms with Crippen LogP contribution in [0.3, 0.4) is 0 Å². The molecule has 0 aromatic heterocycles. The maximum Gasteiger partial charge on any atom is 0.242 e. The van der Waals surface area contributed by atoms with Crippen LogP contribution in [0.4, 0.5) is 0 Å². The van der Waals surface area contributed by atoms with Gasteiger partial charge in [0.1, 0.15) is 0 Å². The van der Waals surface area contributed by atoms with Crippen molar-refractivity contribution in [1.82, 2.24) is 5.01 Å². The first kappa shape index (κ1) is 14.3. The molecule has 2 unspecified atom stereocenters. The SMILES string of the molecule is CCC(=O)N1N=C2COC(C)(C)CC2C1c1ccccc1. The van der Waals surface area contributed by atoms with Crippen LogP contribution in [-0.2, 0) is 9.53 Å². The molecule has 0 bridgehead atoms. The van der Waals surface area contributed by atoms with Gasteiger partial charge in [-0.25, -0.2) is 5.01 Å². The zero-order valence-corrected chi connectivity index (χ0v) is 12.9. The Morgan fingerprint density at radius 2 is 2.10 bits per heavy atom. The fraction of sp³-hybridized carbons (Fsp3) is 0.529. The number of carbonyl (C=O) groups is 1. The van der Waals surface area contributed by atoms with Crippen LogP contribution in [0.1, 0.15) is 45.2 Å². The quantitative estimate of drug-likeness (QED) is 0.838. The Morgan fingerprint density at radius 3 is 2.76 bits per heavy atom. The number of fused-ring (bicyclic) bond motifs is 1. The van der Waals surface area contributed by atoms with Gasteiger partial charge in [-0.15, -0.1) is 0 Å². The van der Waals surface area contributed by atoms with Crippen LogP contribution < -0.4 is 0 Å². The van der Waals surface area contributed by atoms with E-state index in [1.807, 2.05) is 25.1 Å². The number of nitrogens with zero attached hydrogens (tertiary/aromatic N) is 2. The minimum Gasteiger partial charge on any atom is -0.370 e. The molecule has 4 nitrogen and oxygen atoms in total. The van der Waals surface area contributed by atoms with E-state index in [1.165, 1.54) is 0 Å². The molecule has 2 heterocycles. The van der Waals surface area contributed by atoms with Crippen LogP contribution in [-0.4, -0.2) is 28.8 Å². The molecule has 1 aromatic carbocycles. The average molecular weight is 286 g/mol. The summed E-state index contributed by atoms with van der Waals surface area (Å²) >= 11 is 0. The first-order chi connectivity index (χ1) is 10.0. The largest absolute Gasteiger partial charge is 0.370 e. The van der Waals surface area contributed by atoms with E-state index in [9.17, 15) is 4.79 Å². The zero-order valence-electron chi connectivity index (χ0n) is 12.9. The maximum atomic E-state index is 12.3. The lowest BCUT2D eigenvalue weighted by Gasteiger charge is -2.37. The summed E-state index contributed by atoms with van der Waals surface area (Å²) in [5.74, 6) is 0.329. The van der Waals surface area contributed by atoms with Crippen molar-refractivity contribution in [3.63, 3.8) is 0 Å². The van der Waals surface area contributed by atoms with Gasteiger partial charge in [0.15, 0.2) is 0 Å². The summed E-state index contributed by atoms with van der Waals surface area (Å²) in [5, 5.41) is 6.26. The highest BCUT2D eigenvalue weighted by molar-refractivity contribution is 5.93. The highest BCUT2D eigenvalue weighted by atomic mass is 16.5. The Labute approximate surface area is 125 Å². The third-order valence-electron chi connectivity index (χ3n) is 4.33. The van der Waals surface area contributed by atoms with Crippen LogP contribution in [0.25, 0.3) is 0 Å². The van der Waals surface area contributed by atoms with Crippen molar-refractivity contribution < 1.29 is 9.53 Å². The van der Waals surface area contributed by atoms with Gasteiger partial charge in [-0.1, -0.05) is 37.3 Å². The summed E-state index contributed by atoms with van der Waals surface area (Å²) in [4.78, 5) is 12.3. The second-order valence-corrected chi connectivity index (χ2v) is 6.40. The summed E-state index contributed by atoms with van der Waals surface area (Å²) in [6, 6.07) is 10.2. The van der Waals surface area contributed by atoms with E-state index in [0.29, 0.717) is 13.0 Å². The second-order valence-electron chi connectivity index (χ2n) is 6.40. The third-order valence-corrected chi connectivity index (χ3v) is 4.33. The van der Waals surface area contributed by atoms with Crippen molar-refractivity contribution in [1.29, 1.82) is 0 Å². The number of hydrazone groups is 1. The van der Waals surface area contributed by atoms with Crippen LogP contribution >= 0.6 is 0 Å². The minimum absolute atomic E-state index is 0.0109. The molecule has 0 radical (unpaired) electrons. The summed E-state index contributed by atoms with van der Waals surface area (Å²) in [5.41, 5.74) is 1.99. The van der Waals surface area contributed by atoms with Gasteiger partial charge in [-0.3, -0.25) is 4.79 Å². The van der Waals surface area contributed by atoms with Gasteiger partial charge in [0.2, 0.25) is 5.91 Å². The van der Waals surface area contributed by atoms with Gasteiger partial charge in [0, 0.05) is 12.3 Å². The maximum absolute atomic E-state index is 12.3. The first-order valence-corrected chi connectivity index (χ1v) is 7.60. The van der Waals surface area contributed by atoms with E-state index in [-0.39, 0.29) is 23.5 Å².